The van der Waals surface area contributed by atoms with Crippen LogP contribution in [0.3, 0.4) is 0 Å². The Balaban J connectivity index is 1.39. The molecular formula is C19H23N5O2S. The van der Waals surface area contributed by atoms with Crippen molar-refractivity contribution in [1.82, 2.24) is 25.2 Å². The molecule has 0 aliphatic heterocycles. The molecule has 1 atom stereocenters. The van der Waals surface area contributed by atoms with Crippen LogP contribution in [0.5, 0.6) is 0 Å². The van der Waals surface area contributed by atoms with Crippen LogP contribution in [0.15, 0.2) is 16.8 Å². The topological polar surface area (TPSA) is 85.8 Å². The first-order valence-corrected chi connectivity index (χ1v) is 10.0. The number of thiazole rings is 1. The predicted molar refractivity (Wildman–Crippen MR) is 103 cm³/mol. The fraction of sp³-hybridized carbons (Fsp3) is 0.474. The predicted octanol–water partition coefficient (Wildman–Crippen LogP) is 2.84. The van der Waals surface area contributed by atoms with Gasteiger partial charge in [-0.15, -0.1) is 11.3 Å². The second-order valence-corrected chi connectivity index (χ2v) is 8.10. The van der Waals surface area contributed by atoms with E-state index in [1.807, 2.05) is 31.5 Å². The highest BCUT2D eigenvalue weighted by Gasteiger charge is 2.28. The van der Waals surface area contributed by atoms with Gasteiger partial charge in [0.05, 0.1) is 23.5 Å². The molecule has 4 rings (SSSR count). The third kappa shape index (κ3) is 3.53. The van der Waals surface area contributed by atoms with E-state index in [1.54, 1.807) is 17.5 Å². The van der Waals surface area contributed by atoms with E-state index >= 15 is 0 Å². The fourth-order valence-electron chi connectivity index (χ4n) is 3.56. The molecule has 0 aromatic carbocycles. The molecule has 0 fully saturated rings. The zero-order chi connectivity index (χ0) is 19.0. The molecule has 1 amide bonds. The van der Waals surface area contributed by atoms with E-state index < -0.39 is 0 Å². The van der Waals surface area contributed by atoms with E-state index in [0.29, 0.717) is 19.5 Å². The van der Waals surface area contributed by atoms with Gasteiger partial charge in [0.25, 0.3) is 0 Å². The van der Waals surface area contributed by atoms with Crippen LogP contribution in [-0.2, 0) is 24.2 Å². The van der Waals surface area contributed by atoms with Gasteiger partial charge in [-0.05, 0) is 39.7 Å². The van der Waals surface area contributed by atoms with Crippen LogP contribution in [0.4, 0.5) is 0 Å². The van der Waals surface area contributed by atoms with Crippen LogP contribution >= 0.6 is 11.3 Å². The molecule has 3 aromatic heterocycles. The van der Waals surface area contributed by atoms with Crippen molar-refractivity contribution in [2.75, 3.05) is 6.54 Å². The van der Waals surface area contributed by atoms with Gasteiger partial charge >= 0.3 is 0 Å². The number of aromatic nitrogens is 4. The third-order valence-corrected chi connectivity index (χ3v) is 6.28. The van der Waals surface area contributed by atoms with Gasteiger partial charge in [0.1, 0.15) is 10.8 Å². The van der Waals surface area contributed by atoms with Crippen molar-refractivity contribution in [3.05, 3.63) is 40.0 Å². The van der Waals surface area contributed by atoms with Gasteiger partial charge in [-0.2, -0.15) is 5.10 Å². The van der Waals surface area contributed by atoms with Crippen molar-refractivity contribution < 1.29 is 9.32 Å². The van der Waals surface area contributed by atoms with Gasteiger partial charge in [-0.25, -0.2) is 4.98 Å². The standard InChI is InChI=1S/C19H23N5O2S/c1-11-6-7-21-24(11)9-8-20-18(25)14-4-5-16-15(10-14)22-19(27-16)17-12(2)23-26-13(17)3/h6-7,14H,4-5,8-10H2,1-3H3,(H,20,25). The van der Waals surface area contributed by atoms with E-state index in [-0.39, 0.29) is 11.8 Å². The van der Waals surface area contributed by atoms with Crippen molar-refractivity contribution in [2.24, 2.45) is 5.92 Å². The van der Waals surface area contributed by atoms with E-state index in [2.05, 4.69) is 15.6 Å². The Labute approximate surface area is 161 Å². The minimum Gasteiger partial charge on any atom is -0.361 e. The summed E-state index contributed by atoms with van der Waals surface area (Å²) in [6.45, 7) is 7.13. The summed E-state index contributed by atoms with van der Waals surface area (Å²) < 4.78 is 7.17. The molecule has 8 heteroatoms. The maximum absolute atomic E-state index is 12.6. The first-order valence-electron chi connectivity index (χ1n) is 9.21. The molecule has 0 radical (unpaired) electrons. The molecule has 3 heterocycles. The molecule has 0 saturated carbocycles. The molecule has 1 unspecified atom stereocenters. The zero-order valence-electron chi connectivity index (χ0n) is 15.8. The molecular weight excluding hydrogens is 362 g/mol. The average molecular weight is 385 g/mol. The second-order valence-electron chi connectivity index (χ2n) is 7.01. The summed E-state index contributed by atoms with van der Waals surface area (Å²) in [7, 11) is 0. The number of nitrogens with one attached hydrogen (secondary N) is 1. The lowest BCUT2D eigenvalue weighted by atomic mass is 9.90. The van der Waals surface area contributed by atoms with Gasteiger partial charge in [-0.3, -0.25) is 9.48 Å². The SMILES string of the molecule is Cc1noc(C)c1-c1nc2c(s1)CCC(C(=O)NCCn1nccc1C)C2. The summed E-state index contributed by atoms with van der Waals surface area (Å²) in [6.07, 6.45) is 4.23. The minimum atomic E-state index is -0.0177. The lowest BCUT2D eigenvalue weighted by molar-refractivity contribution is -0.125. The van der Waals surface area contributed by atoms with Gasteiger partial charge < -0.3 is 9.84 Å². The Morgan fingerprint density at radius 2 is 2.26 bits per heavy atom. The number of hydrogen-bond acceptors (Lipinski definition) is 6. The van der Waals surface area contributed by atoms with Crippen LogP contribution < -0.4 is 5.32 Å². The Kier molecular flexibility index (Phi) is 4.82. The monoisotopic (exact) mass is 385 g/mol. The Hall–Kier alpha value is -2.48. The molecule has 1 N–H and O–H groups in total. The molecule has 1 aliphatic rings. The van der Waals surface area contributed by atoms with Gasteiger partial charge in [0.2, 0.25) is 5.91 Å². The zero-order valence-corrected chi connectivity index (χ0v) is 16.6. The Morgan fingerprint density at radius 1 is 1.41 bits per heavy atom. The van der Waals surface area contributed by atoms with Crippen LogP contribution in [0.1, 0.15) is 34.1 Å². The first kappa shape index (κ1) is 17.9. The normalized spacial score (nSPS) is 16.3. The summed E-state index contributed by atoms with van der Waals surface area (Å²) in [5, 5.41) is 12.3. The molecule has 3 aromatic rings. The smallest absolute Gasteiger partial charge is 0.223 e. The summed E-state index contributed by atoms with van der Waals surface area (Å²) in [5.41, 5.74) is 4.00. The highest BCUT2D eigenvalue weighted by molar-refractivity contribution is 7.15. The first-order chi connectivity index (χ1) is 13.0. The largest absolute Gasteiger partial charge is 0.361 e. The number of carbonyl (C=O) groups excluding carboxylic acids is 1. The number of fused-ring (bicyclic) bond motifs is 1. The lowest BCUT2D eigenvalue weighted by Crippen LogP contribution is -2.36. The van der Waals surface area contributed by atoms with Crippen LogP contribution in [0, 0.1) is 26.7 Å². The molecule has 1 aliphatic carbocycles. The highest BCUT2D eigenvalue weighted by atomic mass is 32.1. The number of rotatable bonds is 5. The number of amides is 1. The van der Waals surface area contributed by atoms with E-state index in [0.717, 1.165) is 46.3 Å². The number of hydrogen-bond donors (Lipinski definition) is 1. The maximum atomic E-state index is 12.6. The summed E-state index contributed by atoms with van der Waals surface area (Å²) in [5.74, 6) is 0.884. The van der Waals surface area contributed by atoms with Crippen LogP contribution in [0.25, 0.3) is 10.6 Å². The fourth-order valence-corrected chi connectivity index (χ4v) is 4.81. The molecule has 27 heavy (non-hydrogen) atoms. The molecule has 7 nitrogen and oxygen atoms in total. The van der Waals surface area contributed by atoms with Gasteiger partial charge in [0.15, 0.2) is 0 Å². The van der Waals surface area contributed by atoms with Crippen molar-refractivity contribution in [3.8, 4) is 10.6 Å². The molecule has 0 saturated heterocycles. The van der Waals surface area contributed by atoms with Crippen molar-refractivity contribution in [1.29, 1.82) is 0 Å². The third-order valence-electron chi connectivity index (χ3n) is 5.11. The van der Waals surface area contributed by atoms with Crippen molar-refractivity contribution >= 4 is 17.2 Å². The quantitative estimate of drug-likeness (QED) is 0.730. The Bertz CT molecular complexity index is 951. The summed E-state index contributed by atoms with van der Waals surface area (Å²) in [4.78, 5) is 18.7. The molecule has 0 bridgehead atoms. The maximum Gasteiger partial charge on any atom is 0.223 e. The average Bonchev–Trinajstić information content (AvgIpc) is 3.33. The minimum absolute atomic E-state index is 0.0177. The number of aryl methyl sites for hydroxylation is 4. The summed E-state index contributed by atoms with van der Waals surface area (Å²) in [6, 6.07) is 1.96. The van der Waals surface area contributed by atoms with E-state index in [9.17, 15) is 4.79 Å². The number of carbonyl (C=O) groups is 1. The van der Waals surface area contributed by atoms with Crippen LogP contribution in [-0.4, -0.2) is 32.4 Å². The second kappa shape index (κ2) is 7.26. The lowest BCUT2D eigenvalue weighted by Gasteiger charge is -2.20. The van der Waals surface area contributed by atoms with Gasteiger partial charge in [-0.1, -0.05) is 5.16 Å². The van der Waals surface area contributed by atoms with E-state index in [1.165, 1.54) is 4.88 Å². The summed E-state index contributed by atoms with van der Waals surface area (Å²) >= 11 is 1.70. The van der Waals surface area contributed by atoms with E-state index in [4.69, 9.17) is 9.51 Å². The Morgan fingerprint density at radius 3 is 2.96 bits per heavy atom. The molecule has 142 valence electrons. The van der Waals surface area contributed by atoms with Crippen molar-refractivity contribution in [2.45, 2.75) is 46.6 Å². The number of nitrogens with zero attached hydrogens (tertiary/aromatic N) is 4. The van der Waals surface area contributed by atoms with Crippen molar-refractivity contribution in [3.63, 3.8) is 0 Å². The van der Waals surface area contributed by atoms with Crippen LogP contribution in [0.2, 0.25) is 0 Å². The molecule has 0 spiro atoms. The highest BCUT2D eigenvalue weighted by Crippen LogP contribution is 2.36. The van der Waals surface area contributed by atoms with Gasteiger partial charge in [0, 0.05) is 35.7 Å².